The standard InChI is InChI=1S/C52H35N3/c1-5-17-36(18-6-1)40-29-41(37-19-7-2-8-20-37)31-42(30-40)43-32-44(34-45(33-43)55-50-27-15-13-25-46(50)47-26-14-16-28-51(47)55)49-35-48(38-21-9-3-10-22-38)53-52(54-49)39-23-11-4-12-24-39/h1-35H. The zero-order chi connectivity index (χ0) is 36.6. The third kappa shape index (κ3) is 6.18. The van der Waals surface area contributed by atoms with Crippen molar-refractivity contribution >= 4 is 21.8 Å². The van der Waals surface area contributed by atoms with Crippen molar-refractivity contribution in [2.45, 2.75) is 0 Å². The van der Waals surface area contributed by atoms with Crippen LogP contribution in [0.4, 0.5) is 0 Å². The van der Waals surface area contributed by atoms with Crippen LogP contribution in [0.15, 0.2) is 212 Å². The molecule has 3 heteroatoms. The van der Waals surface area contributed by atoms with Crippen LogP contribution >= 0.6 is 0 Å². The van der Waals surface area contributed by atoms with Gasteiger partial charge in [0, 0.05) is 33.2 Å². The Morgan fingerprint density at radius 3 is 1.16 bits per heavy atom. The summed E-state index contributed by atoms with van der Waals surface area (Å²) in [6.07, 6.45) is 0. The molecule has 0 aliphatic heterocycles. The number of hydrogen-bond acceptors (Lipinski definition) is 2. The molecule has 0 aliphatic carbocycles. The molecule has 10 aromatic rings. The molecule has 0 fully saturated rings. The molecular formula is C52H35N3. The van der Waals surface area contributed by atoms with Crippen molar-refractivity contribution in [3.63, 3.8) is 0 Å². The summed E-state index contributed by atoms with van der Waals surface area (Å²) in [5.41, 5.74) is 15.1. The maximum Gasteiger partial charge on any atom is 0.160 e. The Balaban J connectivity index is 1.27. The highest BCUT2D eigenvalue weighted by Gasteiger charge is 2.17. The zero-order valence-electron chi connectivity index (χ0n) is 30.0. The van der Waals surface area contributed by atoms with Gasteiger partial charge >= 0.3 is 0 Å². The van der Waals surface area contributed by atoms with Crippen LogP contribution in [-0.4, -0.2) is 14.5 Å². The van der Waals surface area contributed by atoms with Crippen molar-refractivity contribution in [1.29, 1.82) is 0 Å². The molecule has 3 nitrogen and oxygen atoms in total. The predicted octanol–water partition coefficient (Wildman–Crippen LogP) is 13.6. The molecule has 0 saturated carbocycles. The number of para-hydroxylation sites is 2. The van der Waals surface area contributed by atoms with Crippen molar-refractivity contribution < 1.29 is 0 Å². The Hall–Kier alpha value is -7.36. The van der Waals surface area contributed by atoms with Gasteiger partial charge in [-0.25, -0.2) is 9.97 Å². The lowest BCUT2D eigenvalue weighted by atomic mass is 9.92. The summed E-state index contributed by atoms with van der Waals surface area (Å²) in [4.78, 5) is 10.4. The number of rotatable bonds is 7. The van der Waals surface area contributed by atoms with Gasteiger partial charge in [-0.15, -0.1) is 0 Å². The SMILES string of the molecule is c1ccc(-c2cc(-c3ccccc3)cc(-c3cc(-c4cc(-c5ccccc5)nc(-c5ccccc5)n4)cc(-n4c5ccccc5c5ccccc54)c3)c2)cc1. The number of nitrogens with zero attached hydrogens (tertiary/aromatic N) is 3. The van der Waals surface area contributed by atoms with Crippen LogP contribution in [0.25, 0.3) is 94.8 Å². The fraction of sp³-hybridized carbons (Fsp3) is 0. The Morgan fingerprint density at radius 1 is 0.273 bits per heavy atom. The second-order valence-electron chi connectivity index (χ2n) is 13.9. The average Bonchev–Trinajstić information content (AvgIpc) is 3.61. The van der Waals surface area contributed by atoms with Crippen LogP contribution in [0, 0.1) is 0 Å². The Kier molecular flexibility index (Phi) is 8.16. The van der Waals surface area contributed by atoms with E-state index in [1.54, 1.807) is 0 Å². The minimum atomic E-state index is 0.693. The highest BCUT2D eigenvalue weighted by Crippen LogP contribution is 2.39. The van der Waals surface area contributed by atoms with E-state index in [-0.39, 0.29) is 0 Å². The summed E-state index contributed by atoms with van der Waals surface area (Å²) < 4.78 is 2.40. The van der Waals surface area contributed by atoms with Gasteiger partial charge in [0.15, 0.2) is 5.82 Å². The Bertz CT molecular complexity index is 2640. The lowest BCUT2D eigenvalue weighted by molar-refractivity contribution is 1.16. The molecule has 2 heterocycles. The largest absolute Gasteiger partial charge is 0.309 e. The first kappa shape index (κ1) is 32.3. The lowest BCUT2D eigenvalue weighted by Gasteiger charge is -2.16. The molecule has 0 unspecified atom stereocenters. The van der Waals surface area contributed by atoms with Crippen LogP contribution in [0.2, 0.25) is 0 Å². The highest BCUT2D eigenvalue weighted by atomic mass is 15.0. The molecule has 0 radical (unpaired) electrons. The van der Waals surface area contributed by atoms with Crippen molar-refractivity contribution in [3.8, 4) is 73.0 Å². The molecule has 0 bridgehead atoms. The van der Waals surface area contributed by atoms with Crippen molar-refractivity contribution in [3.05, 3.63) is 212 Å². The fourth-order valence-corrected chi connectivity index (χ4v) is 7.71. The summed E-state index contributed by atoms with van der Waals surface area (Å²) in [5, 5.41) is 2.45. The molecule has 0 amide bonds. The number of fused-ring (bicyclic) bond motifs is 3. The molecule has 0 aliphatic rings. The molecule has 8 aromatic carbocycles. The minimum absolute atomic E-state index is 0.693. The van der Waals surface area contributed by atoms with E-state index >= 15 is 0 Å². The van der Waals surface area contributed by atoms with E-state index in [4.69, 9.17) is 9.97 Å². The van der Waals surface area contributed by atoms with Gasteiger partial charge in [0.05, 0.1) is 22.4 Å². The topological polar surface area (TPSA) is 30.7 Å². The van der Waals surface area contributed by atoms with E-state index in [0.29, 0.717) is 5.82 Å². The van der Waals surface area contributed by atoms with E-state index in [9.17, 15) is 0 Å². The van der Waals surface area contributed by atoms with Gasteiger partial charge < -0.3 is 4.57 Å². The van der Waals surface area contributed by atoms with E-state index in [1.807, 2.05) is 24.3 Å². The van der Waals surface area contributed by atoms with Gasteiger partial charge in [0.25, 0.3) is 0 Å². The third-order valence-electron chi connectivity index (χ3n) is 10.4. The Labute approximate surface area is 320 Å². The van der Waals surface area contributed by atoms with Crippen molar-refractivity contribution in [1.82, 2.24) is 14.5 Å². The smallest absolute Gasteiger partial charge is 0.160 e. The summed E-state index contributed by atoms with van der Waals surface area (Å²) in [7, 11) is 0. The first-order valence-corrected chi connectivity index (χ1v) is 18.7. The van der Waals surface area contributed by atoms with Gasteiger partial charge in [-0.1, -0.05) is 158 Å². The van der Waals surface area contributed by atoms with Gasteiger partial charge in [-0.3, -0.25) is 0 Å². The third-order valence-corrected chi connectivity index (χ3v) is 10.4. The maximum atomic E-state index is 5.29. The predicted molar refractivity (Wildman–Crippen MR) is 229 cm³/mol. The molecular weight excluding hydrogens is 667 g/mol. The molecule has 0 saturated heterocycles. The van der Waals surface area contributed by atoms with Crippen molar-refractivity contribution in [2.24, 2.45) is 0 Å². The zero-order valence-corrected chi connectivity index (χ0v) is 30.0. The van der Waals surface area contributed by atoms with Gasteiger partial charge in [0.2, 0.25) is 0 Å². The molecule has 258 valence electrons. The molecule has 10 rings (SSSR count). The van der Waals surface area contributed by atoms with Crippen LogP contribution in [0.3, 0.4) is 0 Å². The van der Waals surface area contributed by atoms with Crippen LogP contribution < -0.4 is 0 Å². The minimum Gasteiger partial charge on any atom is -0.309 e. The first-order chi connectivity index (χ1) is 27.2. The second kappa shape index (κ2) is 13.9. The normalized spacial score (nSPS) is 11.3. The van der Waals surface area contributed by atoms with E-state index in [0.717, 1.165) is 55.9 Å². The lowest BCUT2D eigenvalue weighted by Crippen LogP contribution is -1.99. The van der Waals surface area contributed by atoms with Crippen molar-refractivity contribution in [2.75, 3.05) is 0 Å². The van der Waals surface area contributed by atoms with E-state index < -0.39 is 0 Å². The monoisotopic (exact) mass is 701 g/mol. The molecule has 0 spiro atoms. The number of benzene rings is 8. The second-order valence-corrected chi connectivity index (χ2v) is 13.9. The van der Waals surface area contributed by atoms with Gasteiger partial charge in [-0.2, -0.15) is 0 Å². The molecule has 2 aromatic heterocycles. The van der Waals surface area contributed by atoms with Gasteiger partial charge in [-0.05, 0) is 88.0 Å². The fourth-order valence-electron chi connectivity index (χ4n) is 7.71. The van der Waals surface area contributed by atoms with Crippen LogP contribution in [0.1, 0.15) is 0 Å². The molecule has 0 N–H and O–H groups in total. The quantitative estimate of drug-likeness (QED) is 0.166. The molecule has 55 heavy (non-hydrogen) atoms. The van der Waals surface area contributed by atoms with Gasteiger partial charge in [0.1, 0.15) is 0 Å². The average molecular weight is 702 g/mol. The summed E-state index contributed by atoms with van der Waals surface area (Å²) in [6.45, 7) is 0. The Morgan fingerprint density at radius 2 is 0.636 bits per heavy atom. The van der Waals surface area contributed by atoms with E-state index in [2.05, 4.69) is 193 Å². The number of hydrogen-bond donors (Lipinski definition) is 0. The number of aromatic nitrogens is 3. The molecule has 0 atom stereocenters. The maximum absolute atomic E-state index is 5.29. The summed E-state index contributed by atoms with van der Waals surface area (Å²) >= 11 is 0. The summed E-state index contributed by atoms with van der Waals surface area (Å²) in [5.74, 6) is 0.693. The first-order valence-electron chi connectivity index (χ1n) is 18.7. The van der Waals surface area contributed by atoms with Crippen LogP contribution in [0.5, 0.6) is 0 Å². The highest BCUT2D eigenvalue weighted by molar-refractivity contribution is 6.09. The van der Waals surface area contributed by atoms with E-state index in [1.165, 1.54) is 33.0 Å². The summed E-state index contributed by atoms with van der Waals surface area (Å²) in [6, 6.07) is 75.3. The van der Waals surface area contributed by atoms with Crippen LogP contribution in [-0.2, 0) is 0 Å².